The molecule has 3 rings (SSSR count). The highest BCUT2D eigenvalue weighted by molar-refractivity contribution is 7.90. The fourth-order valence-electron chi connectivity index (χ4n) is 3.77. The van der Waals surface area contributed by atoms with Crippen LogP contribution in [-0.2, 0) is 10.0 Å². The minimum absolute atomic E-state index is 0.0868. The predicted molar refractivity (Wildman–Crippen MR) is 54.8 cm³/mol. The second-order valence-electron chi connectivity index (χ2n) is 5.51. The molecule has 2 bridgehead atoms. The SMILES string of the molecule is CC1(C)[C@@H]2CC[C@]13CS(=O)(=O)N=C3C2. The molecule has 3 nitrogen and oxygen atoms in total. The number of fused-ring (bicyclic) bond motifs is 1. The fourth-order valence-corrected chi connectivity index (χ4v) is 5.73. The van der Waals surface area contributed by atoms with Crippen LogP contribution in [0.1, 0.15) is 33.1 Å². The average Bonchev–Trinajstić information content (AvgIpc) is 2.50. The second-order valence-corrected chi connectivity index (χ2v) is 7.14. The maximum atomic E-state index is 11.5. The molecule has 1 aliphatic heterocycles. The summed E-state index contributed by atoms with van der Waals surface area (Å²) in [6.07, 6.45) is 3.14. The Morgan fingerprint density at radius 2 is 2.14 bits per heavy atom. The van der Waals surface area contributed by atoms with Crippen LogP contribution < -0.4 is 0 Å². The molecular formula is C10H15NO2S. The van der Waals surface area contributed by atoms with Crippen LogP contribution in [0.25, 0.3) is 0 Å². The van der Waals surface area contributed by atoms with Crippen LogP contribution in [0, 0.1) is 16.7 Å². The van der Waals surface area contributed by atoms with Crippen LogP contribution in [0.3, 0.4) is 0 Å². The second kappa shape index (κ2) is 2.08. The van der Waals surface area contributed by atoms with Crippen molar-refractivity contribution in [2.75, 3.05) is 5.75 Å². The van der Waals surface area contributed by atoms with E-state index in [4.69, 9.17) is 0 Å². The van der Waals surface area contributed by atoms with Crippen LogP contribution in [0.2, 0.25) is 0 Å². The quantitative estimate of drug-likeness (QED) is 0.613. The van der Waals surface area contributed by atoms with E-state index < -0.39 is 10.0 Å². The highest BCUT2D eigenvalue weighted by Gasteiger charge is 2.66. The lowest BCUT2D eigenvalue weighted by Crippen LogP contribution is -2.37. The molecule has 2 atom stereocenters. The van der Waals surface area contributed by atoms with Gasteiger partial charge in [0.05, 0.1) is 5.75 Å². The van der Waals surface area contributed by atoms with Crippen molar-refractivity contribution in [1.29, 1.82) is 0 Å². The van der Waals surface area contributed by atoms with Gasteiger partial charge in [-0.1, -0.05) is 13.8 Å². The number of nitrogens with zero attached hydrogens (tertiary/aromatic N) is 1. The third-order valence-electron chi connectivity index (χ3n) is 4.84. The van der Waals surface area contributed by atoms with Gasteiger partial charge in [0.15, 0.2) is 0 Å². The molecule has 2 fully saturated rings. The highest BCUT2D eigenvalue weighted by Crippen LogP contribution is 2.66. The van der Waals surface area contributed by atoms with Gasteiger partial charge in [0.1, 0.15) is 0 Å². The van der Waals surface area contributed by atoms with Crippen molar-refractivity contribution < 1.29 is 8.42 Å². The van der Waals surface area contributed by atoms with Crippen molar-refractivity contribution in [2.45, 2.75) is 33.1 Å². The molecule has 0 radical (unpaired) electrons. The molecule has 0 unspecified atom stereocenters. The average molecular weight is 213 g/mol. The Balaban J connectivity index is 2.22. The summed E-state index contributed by atoms with van der Waals surface area (Å²) in [6, 6.07) is 0. The third kappa shape index (κ3) is 0.757. The summed E-state index contributed by atoms with van der Waals surface area (Å²) in [5.74, 6) is 0.940. The van der Waals surface area contributed by atoms with Gasteiger partial charge in [-0.15, -0.1) is 0 Å². The molecule has 3 aliphatic rings. The molecule has 0 N–H and O–H groups in total. The van der Waals surface area contributed by atoms with E-state index in [-0.39, 0.29) is 16.6 Å². The van der Waals surface area contributed by atoms with E-state index >= 15 is 0 Å². The lowest BCUT2D eigenvalue weighted by atomic mass is 9.70. The molecule has 1 heterocycles. The van der Waals surface area contributed by atoms with E-state index in [1.807, 2.05) is 0 Å². The zero-order valence-corrected chi connectivity index (χ0v) is 9.39. The van der Waals surface area contributed by atoms with Crippen molar-refractivity contribution in [3.63, 3.8) is 0 Å². The molecule has 0 aromatic carbocycles. The van der Waals surface area contributed by atoms with Gasteiger partial charge >= 0.3 is 0 Å². The van der Waals surface area contributed by atoms with Gasteiger partial charge in [-0.05, 0) is 30.6 Å². The van der Waals surface area contributed by atoms with Crippen LogP contribution in [-0.4, -0.2) is 19.9 Å². The Bertz CT molecular complexity index is 435. The van der Waals surface area contributed by atoms with Crippen LogP contribution >= 0.6 is 0 Å². The Morgan fingerprint density at radius 3 is 2.71 bits per heavy atom. The smallest absolute Gasteiger partial charge is 0.205 e. The summed E-state index contributed by atoms with van der Waals surface area (Å²) in [5.41, 5.74) is 1.05. The molecule has 0 amide bonds. The third-order valence-corrected chi connectivity index (χ3v) is 6.20. The summed E-state index contributed by atoms with van der Waals surface area (Å²) in [7, 11) is -3.13. The van der Waals surface area contributed by atoms with Gasteiger partial charge in [0, 0.05) is 11.1 Å². The number of hydrogen-bond donors (Lipinski definition) is 0. The van der Waals surface area contributed by atoms with Crippen molar-refractivity contribution in [3.8, 4) is 0 Å². The van der Waals surface area contributed by atoms with Gasteiger partial charge in [-0.25, -0.2) is 8.42 Å². The van der Waals surface area contributed by atoms with Gasteiger partial charge in [0.25, 0.3) is 10.0 Å². The van der Waals surface area contributed by atoms with Crippen molar-refractivity contribution >= 4 is 15.7 Å². The molecule has 78 valence electrons. The van der Waals surface area contributed by atoms with Crippen molar-refractivity contribution in [1.82, 2.24) is 0 Å². The first-order valence-corrected chi connectivity index (χ1v) is 6.80. The molecule has 2 saturated carbocycles. The Hall–Kier alpha value is -0.380. The van der Waals surface area contributed by atoms with Crippen LogP contribution in [0.5, 0.6) is 0 Å². The molecule has 2 aliphatic carbocycles. The number of sulfonamides is 1. The molecular weight excluding hydrogens is 198 g/mol. The monoisotopic (exact) mass is 213 g/mol. The summed E-state index contributed by atoms with van der Waals surface area (Å²) in [5, 5.41) is 0. The van der Waals surface area contributed by atoms with Gasteiger partial charge in [-0.3, -0.25) is 0 Å². The maximum absolute atomic E-state index is 11.5. The summed E-state index contributed by atoms with van der Waals surface area (Å²) < 4.78 is 27.0. The number of rotatable bonds is 0. The normalized spacial score (nSPS) is 46.4. The molecule has 0 aromatic heterocycles. The van der Waals surface area contributed by atoms with Gasteiger partial charge in [0.2, 0.25) is 0 Å². The van der Waals surface area contributed by atoms with E-state index in [0.717, 1.165) is 18.6 Å². The molecule has 1 spiro atoms. The molecule has 14 heavy (non-hydrogen) atoms. The minimum atomic E-state index is -3.13. The highest BCUT2D eigenvalue weighted by atomic mass is 32.2. The summed E-state index contributed by atoms with van der Waals surface area (Å²) in [6.45, 7) is 4.43. The van der Waals surface area contributed by atoms with E-state index in [1.165, 1.54) is 6.42 Å². The zero-order chi connectivity index (χ0) is 10.2. The van der Waals surface area contributed by atoms with Crippen molar-refractivity contribution in [2.24, 2.45) is 21.1 Å². The Labute approximate surface area is 84.7 Å². The van der Waals surface area contributed by atoms with E-state index in [0.29, 0.717) is 5.92 Å². The first-order valence-electron chi connectivity index (χ1n) is 5.19. The lowest BCUT2D eigenvalue weighted by molar-refractivity contribution is 0.198. The van der Waals surface area contributed by atoms with Gasteiger partial charge in [-0.2, -0.15) is 4.40 Å². The zero-order valence-electron chi connectivity index (χ0n) is 8.58. The minimum Gasteiger partial charge on any atom is -0.205 e. The van der Waals surface area contributed by atoms with E-state index in [9.17, 15) is 8.42 Å². The fraction of sp³-hybridized carbons (Fsp3) is 0.900. The molecule has 4 heteroatoms. The molecule has 0 saturated heterocycles. The summed E-state index contributed by atoms with van der Waals surface area (Å²) in [4.78, 5) is 0. The summed E-state index contributed by atoms with van der Waals surface area (Å²) >= 11 is 0. The van der Waals surface area contributed by atoms with Crippen LogP contribution in [0.15, 0.2) is 4.40 Å². The first kappa shape index (κ1) is 8.89. The van der Waals surface area contributed by atoms with Crippen molar-refractivity contribution in [3.05, 3.63) is 0 Å². The number of hydrogen-bond acceptors (Lipinski definition) is 2. The topological polar surface area (TPSA) is 46.5 Å². The van der Waals surface area contributed by atoms with Crippen LogP contribution in [0.4, 0.5) is 0 Å². The lowest BCUT2D eigenvalue weighted by Gasteiger charge is -2.34. The maximum Gasteiger partial charge on any atom is 0.254 e. The molecule has 0 aromatic rings. The van der Waals surface area contributed by atoms with Gasteiger partial charge < -0.3 is 0 Å². The van der Waals surface area contributed by atoms with E-state index in [2.05, 4.69) is 18.2 Å². The van der Waals surface area contributed by atoms with E-state index in [1.54, 1.807) is 0 Å². The largest absolute Gasteiger partial charge is 0.254 e. The predicted octanol–water partition coefficient (Wildman–Crippen LogP) is 1.60. The standard InChI is InChI=1S/C10H15NO2S/c1-9(2)7-3-4-10(9)6-14(12,13)11-8(10)5-7/h7H,3-6H2,1-2H3/t7-,10-/m1/s1. The Morgan fingerprint density at radius 1 is 1.43 bits per heavy atom. The first-order chi connectivity index (χ1) is 6.37. The Kier molecular flexibility index (Phi) is 1.32.